The first kappa shape index (κ1) is 25.6. The molecule has 1 N–H and O–H groups in total. The van der Waals surface area contributed by atoms with Crippen molar-refractivity contribution in [1.82, 2.24) is 0 Å². The van der Waals surface area contributed by atoms with E-state index < -0.39 is 0 Å². The molecule has 1 aliphatic rings. The third-order valence-electron chi connectivity index (χ3n) is 5.96. The third-order valence-corrected chi connectivity index (χ3v) is 7.48. The summed E-state index contributed by atoms with van der Waals surface area (Å²) in [6, 6.07) is 14.6. The summed E-state index contributed by atoms with van der Waals surface area (Å²) in [5.74, 6) is 0.101. The van der Waals surface area contributed by atoms with Crippen LogP contribution in [0.1, 0.15) is 88.8 Å². The van der Waals surface area contributed by atoms with E-state index in [-0.39, 0.29) is 33.6 Å². The molecule has 0 saturated carbocycles. The van der Waals surface area contributed by atoms with Crippen molar-refractivity contribution in [3.05, 3.63) is 64.7 Å². The highest BCUT2D eigenvalue weighted by atomic mass is 32.2. The van der Waals surface area contributed by atoms with E-state index in [1.807, 2.05) is 18.2 Å². The Bertz CT molecular complexity index is 921. The molecule has 0 unspecified atom stereocenters. The zero-order valence-corrected chi connectivity index (χ0v) is 21.8. The third kappa shape index (κ3) is 6.33. The normalized spacial score (nSPS) is 20.3. The van der Waals surface area contributed by atoms with Gasteiger partial charge in [-0.25, -0.2) is 0 Å². The number of aromatic hydroxyl groups is 1. The van der Waals surface area contributed by atoms with Gasteiger partial charge in [0, 0.05) is 13.5 Å². The molecule has 1 saturated heterocycles. The van der Waals surface area contributed by atoms with Gasteiger partial charge >= 0.3 is 5.97 Å². The summed E-state index contributed by atoms with van der Waals surface area (Å²) in [6.07, 6.45) is 1.41. The van der Waals surface area contributed by atoms with Crippen molar-refractivity contribution in [3.63, 3.8) is 0 Å². The molecule has 0 spiro atoms. The largest absolute Gasteiger partial charge is 0.507 e. The van der Waals surface area contributed by atoms with Gasteiger partial charge in [0.25, 0.3) is 0 Å². The van der Waals surface area contributed by atoms with E-state index in [2.05, 4.69) is 65.8 Å². The van der Waals surface area contributed by atoms with Crippen LogP contribution in [0, 0.1) is 0 Å². The minimum Gasteiger partial charge on any atom is -0.507 e. The van der Waals surface area contributed by atoms with Gasteiger partial charge in [0.05, 0.1) is 5.25 Å². The molecule has 0 aliphatic carbocycles. The van der Waals surface area contributed by atoms with Crippen LogP contribution in [0.5, 0.6) is 5.75 Å². The van der Waals surface area contributed by atoms with Crippen molar-refractivity contribution < 1.29 is 19.4 Å². The maximum absolute atomic E-state index is 11.7. The van der Waals surface area contributed by atoms with E-state index in [0.717, 1.165) is 35.1 Å². The monoisotopic (exact) mass is 470 g/mol. The fourth-order valence-electron chi connectivity index (χ4n) is 4.25. The van der Waals surface area contributed by atoms with Crippen LogP contribution >= 0.6 is 11.8 Å². The summed E-state index contributed by atoms with van der Waals surface area (Å²) < 4.78 is 11.7. The molecule has 5 heteroatoms. The van der Waals surface area contributed by atoms with Gasteiger partial charge in [-0.05, 0) is 45.9 Å². The molecule has 1 fully saturated rings. The first-order valence-electron chi connectivity index (χ1n) is 11.7. The topological polar surface area (TPSA) is 55.8 Å². The fourth-order valence-corrected chi connectivity index (χ4v) is 5.66. The van der Waals surface area contributed by atoms with Gasteiger partial charge in [0.2, 0.25) is 0 Å². The molecule has 0 bridgehead atoms. The van der Waals surface area contributed by atoms with Crippen molar-refractivity contribution in [2.75, 3.05) is 6.61 Å². The minimum absolute atomic E-state index is 0.0323. The second-order valence-electron chi connectivity index (χ2n) is 10.9. The van der Waals surface area contributed by atoms with Gasteiger partial charge in [0.1, 0.15) is 17.3 Å². The fraction of sp³-hybridized carbons (Fsp3) is 0.536. The number of hydrogen-bond donors (Lipinski definition) is 1. The molecule has 2 aromatic carbocycles. The number of carbonyl (C=O) groups excluding carboxylic acids is 1. The number of benzene rings is 2. The summed E-state index contributed by atoms with van der Waals surface area (Å²) in [7, 11) is 0. The Morgan fingerprint density at radius 2 is 1.61 bits per heavy atom. The van der Waals surface area contributed by atoms with Crippen molar-refractivity contribution >= 4 is 17.7 Å². The quantitative estimate of drug-likeness (QED) is 0.483. The molecule has 3 atom stereocenters. The molecule has 0 amide bonds. The smallest absolute Gasteiger partial charge is 0.303 e. The lowest BCUT2D eigenvalue weighted by atomic mass is 9.78. The maximum Gasteiger partial charge on any atom is 0.303 e. The van der Waals surface area contributed by atoms with Crippen LogP contribution in [0.15, 0.2) is 42.5 Å². The molecule has 4 nitrogen and oxygen atoms in total. The Kier molecular flexibility index (Phi) is 7.85. The van der Waals surface area contributed by atoms with E-state index in [9.17, 15) is 9.90 Å². The highest BCUT2D eigenvalue weighted by Crippen LogP contribution is 2.47. The van der Waals surface area contributed by atoms with E-state index in [1.54, 1.807) is 11.8 Å². The van der Waals surface area contributed by atoms with Gasteiger partial charge in [0.15, 0.2) is 0 Å². The van der Waals surface area contributed by atoms with Crippen LogP contribution in [0.2, 0.25) is 0 Å². The van der Waals surface area contributed by atoms with Gasteiger partial charge in [-0.1, -0.05) is 84.0 Å². The average molecular weight is 471 g/mol. The van der Waals surface area contributed by atoms with Gasteiger partial charge in [-0.15, -0.1) is 11.8 Å². The van der Waals surface area contributed by atoms with E-state index in [0.29, 0.717) is 12.4 Å². The number of phenolic OH excluding ortho intramolecular Hbond substituents is 1. The number of thioether (sulfide) groups is 1. The predicted octanol–water partition coefficient (Wildman–Crippen LogP) is 6.88. The zero-order chi connectivity index (χ0) is 24.4. The van der Waals surface area contributed by atoms with Gasteiger partial charge in [-0.2, -0.15) is 0 Å². The highest BCUT2D eigenvalue weighted by molar-refractivity contribution is 8.00. The number of hydrogen-bond acceptors (Lipinski definition) is 5. The molecule has 1 aliphatic heterocycles. The highest BCUT2D eigenvalue weighted by Gasteiger charge is 2.34. The Labute approximate surface area is 203 Å². The zero-order valence-electron chi connectivity index (χ0n) is 21.0. The summed E-state index contributed by atoms with van der Waals surface area (Å²) >= 11 is 1.69. The molecular formula is C28H38O4S. The van der Waals surface area contributed by atoms with Gasteiger partial charge in [-0.3, -0.25) is 4.79 Å². The SMILES string of the molecule is CC(=O)O[C@H]1CCCO[C@H]1S[C@H](c1ccccc1)c1cc(C(C)(C)C)c(O)c(C(C)(C)C)c1. The molecule has 180 valence electrons. The Hall–Kier alpha value is -1.98. The van der Waals surface area contributed by atoms with Crippen LogP contribution < -0.4 is 0 Å². The van der Waals surface area contributed by atoms with Crippen LogP contribution in [0.4, 0.5) is 0 Å². The van der Waals surface area contributed by atoms with Crippen molar-refractivity contribution in [3.8, 4) is 5.75 Å². The standard InChI is InChI=1S/C28H38O4S/c1-18(29)32-23-14-11-15-31-26(23)33-25(19-12-9-8-10-13-19)20-16-21(27(2,3)4)24(30)22(17-20)28(5,6)7/h8-10,12-13,16-17,23,25-26,30H,11,14-15H2,1-7H3/t23-,25+,26-/m0/s1. The second-order valence-corrected chi connectivity index (χ2v) is 12.1. The van der Waals surface area contributed by atoms with Crippen LogP contribution in [0.25, 0.3) is 0 Å². The number of rotatable bonds is 5. The number of ether oxygens (including phenoxy) is 2. The van der Waals surface area contributed by atoms with Crippen molar-refractivity contribution in [2.24, 2.45) is 0 Å². The Morgan fingerprint density at radius 1 is 1.03 bits per heavy atom. The van der Waals surface area contributed by atoms with Crippen molar-refractivity contribution in [1.29, 1.82) is 0 Å². The van der Waals surface area contributed by atoms with E-state index >= 15 is 0 Å². The molecule has 0 radical (unpaired) electrons. The summed E-state index contributed by atoms with van der Waals surface area (Å²) in [5, 5.41) is 11.2. The number of esters is 1. The molecular weight excluding hydrogens is 432 g/mol. The summed E-state index contributed by atoms with van der Waals surface area (Å²) in [5.41, 5.74) is 3.47. The van der Waals surface area contributed by atoms with Crippen LogP contribution in [0.3, 0.4) is 0 Å². The molecule has 3 rings (SSSR count). The number of phenols is 1. The lowest BCUT2D eigenvalue weighted by Gasteiger charge is -2.34. The van der Waals surface area contributed by atoms with Crippen molar-refractivity contribution in [2.45, 2.75) is 88.9 Å². The Morgan fingerprint density at radius 3 is 2.12 bits per heavy atom. The maximum atomic E-state index is 11.7. The lowest BCUT2D eigenvalue weighted by Crippen LogP contribution is -2.35. The molecule has 0 aromatic heterocycles. The van der Waals surface area contributed by atoms with E-state index in [1.165, 1.54) is 6.92 Å². The van der Waals surface area contributed by atoms with Crippen LogP contribution in [-0.4, -0.2) is 29.2 Å². The average Bonchev–Trinajstić information content (AvgIpc) is 2.72. The first-order valence-corrected chi connectivity index (χ1v) is 12.7. The first-order chi connectivity index (χ1) is 15.4. The lowest BCUT2D eigenvalue weighted by molar-refractivity contribution is -0.154. The summed E-state index contributed by atoms with van der Waals surface area (Å²) in [4.78, 5) is 11.7. The van der Waals surface area contributed by atoms with E-state index in [4.69, 9.17) is 9.47 Å². The minimum atomic E-state index is -0.276. The molecule has 1 heterocycles. The molecule has 33 heavy (non-hydrogen) atoms. The molecule has 2 aromatic rings. The number of carbonyl (C=O) groups is 1. The van der Waals surface area contributed by atoms with Gasteiger partial charge < -0.3 is 14.6 Å². The summed E-state index contributed by atoms with van der Waals surface area (Å²) in [6.45, 7) is 14.9. The van der Waals surface area contributed by atoms with Crippen LogP contribution in [-0.2, 0) is 25.1 Å². The predicted molar refractivity (Wildman–Crippen MR) is 136 cm³/mol. The second kappa shape index (κ2) is 10.1. The Balaban J connectivity index is 2.13.